The van der Waals surface area contributed by atoms with Crippen molar-refractivity contribution in [1.82, 2.24) is 20.1 Å². The molecule has 4 atom stereocenters. The fraction of sp³-hybridized carbons (Fsp3) is 0.471. The Bertz CT molecular complexity index is 1580. The number of aromatic nitrogens is 1. The molecule has 0 spiro atoms. The lowest BCUT2D eigenvalue weighted by Gasteiger charge is -2.31. The number of pyridine rings is 1. The highest BCUT2D eigenvalue weighted by Gasteiger charge is 2.39. The van der Waals surface area contributed by atoms with Crippen LogP contribution >= 0.6 is 0 Å². The molecule has 5 heterocycles. The Balaban J connectivity index is 0.957. The van der Waals surface area contributed by atoms with Crippen molar-refractivity contribution in [1.29, 1.82) is 0 Å². The predicted octanol–water partition coefficient (Wildman–Crippen LogP) is 4.32. The molecule has 3 fully saturated rings. The van der Waals surface area contributed by atoms with E-state index in [1.807, 2.05) is 12.1 Å². The molecule has 3 saturated heterocycles. The van der Waals surface area contributed by atoms with Crippen LogP contribution in [0.15, 0.2) is 48.5 Å². The Morgan fingerprint density at radius 2 is 1.84 bits per heavy atom. The van der Waals surface area contributed by atoms with E-state index in [4.69, 9.17) is 14.5 Å². The topological polar surface area (TPSA) is 101 Å². The first-order valence-corrected chi connectivity index (χ1v) is 15.5. The van der Waals surface area contributed by atoms with Crippen LogP contribution in [-0.4, -0.2) is 69.9 Å². The van der Waals surface area contributed by atoms with Gasteiger partial charge in [0.05, 0.1) is 17.7 Å². The van der Waals surface area contributed by atoms with Crippen LogP contribution < -0.4 is 10.1 Å². The quantitative estimate of drug-likeness (QED) is 0.432. The number of likely N-dealkylation sites (tertiary alicyclic amines) is 1. The van der Waals surface area contributed by atoms with Crippen molar-refractivity contribution in [2.45, 2.75) is 89.3 Å². The fourth-order valence-corrected chi connectivity index (χ4v) is 7.27. The maximum Gasteiger partial charge on any atom is 0.255 e. The minimum atomic E-state index is -0.613. The molecule has 0 radical (unpaired) electrons. The van der Waals surface area contributed by atoms with Gasteiger partial charge in [0.1, 0.15) is 17.9 Å². The number of hydrogen-bond acceptors (Lipinski definition) is 7. The summed E-state index contributed by atoms with van der Waals surface area (Å²) in [4.78, 5) is 45.9. The van der Waals surface area contributed by atoms with E-state index in [9.17, 15) is 14.4 Å². The molecule has 224 valence electrons. The van der Waals surface area contributed by atoms with Gasteiger partial charge in [-0.3, -0.25) is 29.6 Å². The number of amides is 3. The summed E-state index contributed by atoms with van der Waals surface area (Å²) < 4.78 is 12.3. The van der Waals surface area contributed by atoms with Crippen molar-refractivity contribution in [3.63, 3.8) is 0 Å². The average Bonchev–Trinajstić information content (AvgIpc) is 3.55. The first-order chi connectivity index (χ1) is 20.8. The molecule has 3 amide bonds. The lowest BCUT2D eigenvalue weighted by Crippen LogP contribution is -2.52. The van der Waals surface area contributed by atoms with Crippen LogP contribution in [0.25, 0.3) is 10.9 Å². The number of nitrogens with zero attached hydrogens (tertiary/aromatic N) is 3. The number of imide groups is 1. The van der Waals surface area contributed by atoms with Gasteiger partial charge in [-0.25, -0.2) is 0 Å². The summed E-state index contributed by atoms with van der Waals surface area (Å²) in [5.74, 6) is 0.335. The minimum Gasteiger partial charge on any atom is -0.489 e. The normalized spacial score (nSPS) is 27.9. The molecule has 9 nitrogen and oxygen atoms in total. The molecular formula is C34H38N4O5. The van der Waals surface area contributed by atoms with Crippen LogP contribution in [0.1, 0.15) is 79.0 Å². The summed E-state index contributed by atoms with van der Waals surface area (Å²) >= 11 is 0. The van der Waals surface area contributed by atoms with Crippen LogP contribution in [-0.2, 0) is 27.4 Å². The van der Waals surface area contributed by atoms with Gasteiger partial charge in [-0.15, -0.1) is 0 Å². The Morgan fingerprint density at radius 1 is 1.00 bits per heavy atom. The molecule has 1 N–H and O–H groups in total. The maximum atomic E-state index is 13.0. The van der Waals surface area contributed by atoms with Crippen LogP contribution in [0.5, 0.6) is 5.75 Å². The van der Waals surface area contributed by atoms with Crippen molar-refractivity contribution in [2.24, 2.45) is 0 Å². The van der Waals surface area contributed by atoms with E-state index in [1.54, 1.807) is 11.0 Å². The first-order valence-electron chi connectivity index (χ1n) is 15.5. The van der Waals surface area contributed by atoms with Gasteiger partial charge >= 0.3 is 0 Å². The summed E-state index contributed by atoms with van der Waals surface area (Å²) in [6.45, 7) is 7.28. The van der Waals surface area contributed by atoms with E-state index in [0.29, 0.717) is 24.4 Å². The summed E-state index contributed by atoms with van der Waals surface area (Å²) in [5, 5.41) is 3.52. The summed E-state index contributed by atoms with van der Waals surface area (Å²) in [7, 11) is 0. The fourth-order valence-electron chi connectivity index (χ4n) is 7.27. The molecule has 4 aliphatic heterocycles. The van der Waals surface area contributed by atoms with Crippen LogP contribution in [0, 0.1) is 0 Å². The lowest BCUT2D eigenvalue weighted by molar-refractivity contribution is -0.136. The number of hydrogen-bond donors (Lipinski definition) is 1. The van der Waals surface area contributed by atoms with E-state index >= 15 is 0 Å². The van der Waals surface area contributed by atoms with E-state index in [2.05, 4.69) is 54.4 Å². The number of carbonyl (C=O) groups is 3. The number of ether oxygens (including phenoxy) is 2. The first kappa shape index (κ1) is 28.0. The van der Waals surface area contributed by atoms with Crippen molar-refractivity contribution in [3.05, 3.63) is 70.9 Å². The number of benzene rings is 2. The second-order valence-electron chi connectivity index (χ2n) is 12.7. The van der Waals surface area contributed by atoms with Crippen molar-refractivity contribution < 1.29 is 23.9 Å². The molecule has 0 saturated carbocycles. The van der Waals surface area contributed by atoms with Crippen LogP contribution in [0.3, 0.4) is 0 Å². The van der Waals surface area contributed by atoms with Gasteiger partial charge in [0.2, 0.25) is 11.8 Å². The third-order valence-corrected chi connectivity index (χ3v) is 9.32. The molecule has 43 heavy (non-hydrogen) atoms. The molecule has 1 aromatic heterocycles. The van der Waals surface area contributed by atoms with Crippen molar-refractivity contribution in [2.75, 3.05) is 13.1 Å². The Labute approximate surface area is 251 Å². The van der Waals surface area contributed by atoms with Crippen LogP contribution in [0.4, 0.5) is 0 Å². The van der Waals surface area contributed by atoms with Crippen molar-refractivity contribution in [3.8, 4) is 5.75 Å². The third-order valence-electron chi connectivity index (χ3n) is 9.32. The molecule has 0 bridgehead atoms. The van der Waals surface area contributed by atoms with E-state index in [0.717, 1.165) is 55.7 Å². The summed E-state index contributed by atoms with van der Waals surface area (Å²) in [6.07, 6.45) is 4.17. The molecule has 2 unspecified atom stereocenters. The number of carbonyl (C=O) groups excluding carboxylic acids is 3. The minimum absolute atomic E-state index is 0.0651. The number of nitrogens with one attached hydrogen (secondary N) is 1. The van der Waals surface area contributed by atoms with Gasteiger partial charge in [0, 0.05) is 55.2 Å². The molecule has 9 heteroatoms. The highest BCUT2D eigenvalue weighted by molar-refractivity contribution is 6.05. The second-order valence-corrected chi connectivity index (χ2v) is 12.7. The largest absolute Gasteiger partial charge is 0.489 e. The molecule has 3 aromatic rings. The van der Waals surface area contributed by atoms with E-state index in [1.165, 1.54) is 16.6 Å². The van der Waals surface area contributed by atoms with Gasteiger partial charge in [0.15, 0.2) is 0 Å². The SMILES string of the molecule is C[C@@H]1CC(c2ccc3cc(CN4CCC(Oc5ccc6c(c5)CN(C5CCC(=O)NC5=O)C6=O)C4)ccc3n2)C[C@@H](C)O1. The monoisotopic (exact) mass is 582 g/mol. The average molecular weight is 583 g/mol. The Hall–Kier alpha value is -3.82. The molecule has 0 aliphatic carbocycles. The summed E-state index contributed by atoms with van der Waals surface area (Å²) in [6, 6.07) is 15.9. The van der Waals surface area contributed by atoms with Gasteiger partial charge in [0.25, 0.3) is 5.91 Å². The highest BCUT2D eigenvalue weighted by atomic mass is 16.5. The maximum absolute atomic E-state index is 13.0. The molecule has 2 aromatic carbocycles. The number of piperidine rings is 1. The van der Waals surface area contributed by atoms with E-state index in [-0.39, 0.29) is 36.5 Å². The van der Waals surface area contributed by atoms with Gasteiger partial charge in [-0.2, -0.15) is 0 Å². The van der Waals surface area contributed by atoms with Gasteiger partial charge < -0.3 is 14.4 Å². The molecule has 7 rings (SSSR count). The Morgan fingerprint density at radius 3 is 2.65 bits per heavy atom. The smallest absolute Gasteiger partial charge is 0.255 e. The third kappa shape index (κ3) is 5.76. The highest BCUT2D eigenvalue weighted by Crippen LogP contribution is 2.34. The molecule has 4 aliphatic rings. The zero-order valence-electron chi connectivity index (χ0n) is 24.8. The lowest BCUT2D eigenvalue weighted by atomic mass is 9.89. The van der Waals surface area contributed by atoms with Crippen LogP contribution in [0.2, 0.25) is 0 Å². The van der Waals surface area contributed by atoms with Gasteiger partial charge in [-0.05, 0) is 87.1 Å². The Kier molecular flexibility index (Phi) is 7.39. The number of rotatable bonds is 6. The number of fused-ring (bicyclic) bond motifs is 2. The zero-order chi connectivity index (χ0) is 29.7. The van der Waals surface area contributed by atoms with Crippen molar-refractivity contribution >= 4 is 28.6 Å². The van der Waals surface area contributed by atoms with E-state index < -0.39 is 11.9 Å². The second kappa shape index (κ2) is 11.4. The standard InChI is InChI=1S/C34H38N4O5/c1-20-13-24(14-21(2)42-20)30-8-4-23-15-22(3-7-29(23)35-30)17-37-12-11-27(19-37)43-26-5-6-28-25(16-26)18-38(34(28)41)31-9-10-32(39)36-33(31)40/h3-8,15-16,20-21,24,27,31H,9-14,17-19H2,1-2H3,(H,36,39,40)/t20-,21-,27?,31?/m1/s1. The molecular weight excluding hydrogens is 544 g/mol. The predicted molar refractivity (Wildman–Crippen MR) is 161 cm³/mol. The van der Waals surface area contributed by atoms with Gasteiger partial charge in [-0.1, -0.05) is 12.1 Å². The summed E-state index contributed by atoms with van der Waals surface area (Å²) in [5.41, 5.74) is 4.93. The zero-order valence-corrected chi connectivity index (χ0v) is 24.8.